The van der Waals surface area contributed by atoms with E-state index in [0.29, 0.717) is 6.04 Å². The number of nitrogens with one attached hydrogen (secondary N) is 1. The van der Waals surface area contributed by atoms with Gasteiger partial charge >= 0.3 is 0 Å². The number of hydrogen-bond acceptors (Lipinski definition) is 2. The largest absolute Gasteiger partial charge is 0.377 e. The van der Waals surface area contributed by atoms with Crippen LogP contribution < -0.4 is 5.32 Å². The van der Waals surface area contributed by atoms with Crippen LogP contribution in [0.1, 0.15) is 78.1 Å². The molecule has 1 unspecified atom stereocenters. The van der Waals surface area contributed by atoms with E-state index in [1.807, 2.05) is 7.11 Å². The molecule has 2 heteroatoms. The molecule has 2 rings (SSSR count). The molecule has 0 saturated heterocycles. The van der Waals surface area contributed by atoms with Gasteiger partial charge in [0.25, 0.3) is 0 Å². The number of likely N-dealkylation sites (N-methyl/N-ethyl adjacent to an activating group) is 1. The van der Waals surface area contributed by atoms with Gasteiger partial charge < -0.3 is 10.1 Å². The van der Waals surface area contributed by atoms with Crippen molar-refractivity contribution in [1.29, 1.82) is 0 Å². The number of ether oxygens (including phenoxy) is 1. The molecule has 0 amide bonds. The van der Waals surface area contributed by atoms with Crippen molar-refractivity contribution in [3.63, 3.8) is 0 Å². The smallest absolute Gasteiger partial charge is 0.0833 e. The van der Waals surface area contributed by atoms with E-state index in [0.717, 1.165) is 18.4 Å². The van der Waals surface area contributed by atoms with Crippen molar-refractivity contribution in [2.45, 2.75) is 89.7 Å². The molecule has 2 aliphatic rings. The van der Waals surface area contributed by atoms with Gasteiger partial charge in [-0.3, -0.25) is 0 Å². The van der Waals surface area contributed by atoms with Crippen molar-refractivity contribution in [1.82, 2.24) is 5.32 Å². The predicted molar refractivity (Wildman–Crippen MR) is 86.0 cm³/mol. The van der Waals surface area contributed by atoms with E-state index >= 15 is 0 Å². The highest BCUT2D eigenvalue weighted by atomic mass is 16.5. The van der Waals surface area contributed by atoms with E-state index in [4.69, 9.17) is 4.74 Å². The van der Waals surface area contributed by atoms with Gasteiger partial charge in [-0.05, 0) is 44.1 Å². The standard InChI is InChI=1S/C18H35NO/c1-4-15-9-11-16(12-10-15)17(19-5-2)18(20-3)13-7-6-8-14-18/h15-17,19H,4-14H2,1-3H3. The second-order valence-electron chi connectivity index (χ2n) is 7.05. The summed E-state index contributed by atoms with van der Waals surface area (Å²) in [6, 6.07) is 0.579. The van der Waals surface area contributed by atoms with Gasteiger partial charge in [-0.1, -0.05) is 52.4 Å². The van der Waals surface area contributed by atoms with Crippen LogP contribution in [-0.4, -0.2) is 25.3 Å². The van der Waals surface area contributed by atoms with E-state index in [-0.39, 0.29) is 5.60 Å². The van der Waals surface area contributed by atoms with Crippen molar-refractivity contribution >= 4 is 0 Å². The Kier molecular flexibility index (Phi) is 6.35. The van der Waals surface area contributed by atoms with Gasteiger partial charge in [0, 0.05) is 13.2 Å². The number of methoxy groups -OCH3 is 1. The summed E-state index contributed by atoms with van der Waals surface area (Å²) in [6.07, 6.45) is 13.7. The maximum atomic E-state index is 6.14. The summed E-state index contributed by atoms with van der Waals surface area (Å²) in [5.74, 6) is 1.81. The predicted octanol–water partition coefficient (Wildman–Crippen LogP) is 4.53. The minimum atomic E-state index is 0.123. The molecule has 1 atom stereocenters. The van der Waals surface area contributed by atoms with Crippen LogP contribution in [0.2, 0.25) is 0 Å². The molecular formula is C18H35NO. The summed E-state index contributed by atoms with van der Waals surface area (Å²) in [4.78, 5) is 0. The SMILES string of the molecule is CCNC(C1CCC(CC)CC1)C1(OC)CCCCC1. The van der Waals surface area contributed by atoms with Gasteiger partial charge in [0.2, 0.25) is 0 Å². The molecule has 2 fully saturated rings. The van der Waals surface area contributed by atoms with Crippen LogP contribution in [-0.2, 0) is 4.74 Å². The average Bonchev–Trinajstić information content (AvgIpc) is 2.53. The summed E-state index contributed by atoms with van der Waals surface area (Å²) >= 11 is 0. The lowest BCUT2D eigenvalue weighted by molar-refractivity contribution is -0.0861. The Morgan fingerprint density at radius 2 is 1.70 bits per heavy atom. The van der Waals surface area contributed by atoms with Gasteiger partial charge in [-0.25, -0.2) is 0 Å². The molecule has 0 aromatic rings. The van der Waals surface area contributed by atoms with Crippen LogP contribution in [0, 0.1) is 11.8 Å². The van der Waals surface area contributed by atoms with Crippen molar-refractivity contribution in [2.24, 2.45) is 11.8 Å². The van der Waals surface area contributed by atoms with E-state index in [2.05, 4.69) is 19.2 Å². The first kappa shape index (κ1) is 16.3. The Morgan fingerprint density at radius 1 is 1.05 bits per heavy atom. The van der Waals surface area contributed by atoms with Crippen LogP contribution in [0.5, 0.6) is 0 Å². The van der Waals surface area contributed by atoms with Gasteiger partial charge in [0.15, 0.2) is 0 Å². The lowest BCUT2D eigenvalue weighted by Crippen LogP contribution is -2.57. The number of hydrogen-bond donors (Lipinski definition) is 1. The monoisotopic (exact) mass is 281 g/mol. The molecule has 0 bridgehead atoms. The molecule has 0 aliphatic heterocycles. The van der Waals surface area contributed by atoms with Crippen LogP contribution in [0.15, 0.2) is 0 Å². The Hall–Kier alpha value is -0.0800. The highest BCUT2D eigenvalue weighted by molar-refractivity contribution is 4.99. The third-order valence-corrected chi connectivity index (χ3v) is 6.04. The Morgan fingerprint density at radius 3 is 2.20 bits per heavy atom. The van der Waals surface area contributed by atoms with E-state index in [1.54, 1.807) is 0 Å². The van der Waals surface area contributed by atoms with Gasteiger partial charge in [-0.15, -0.1) is 0 Å². The normalized spacial score (nSPS) is 31.9. The maximum absolute atomic E-state index is 6.14. The molecule has 0 heterocycles. The van der Waals surface area contributed by atoms with Crippen LogP contribution in [0.25, 0.3) is 0 Å². The highest BCUT2D eigenvalue weighted by Crippen LogP contribution is 2.42. The van der Waals surface area contributed by atoms with Gasteiger partial charge in [0.05, 0.1) is 5.60 Å². The quantitative estimate of drug-likeness (QED) is 0.772. The minimum Gasteiger partial charge on any atom is -0.377 e. The van der Waals surface area contributed by atoms with Crippen molar-refractivity contribution in [3.8, 4) is 0 Å². The summed E-state index contributed by atoms with van der Waals surface area (Å²) in [5.41, 5.74) is 0.123. The van der Waals surface area contributed by atoms with Crippen LogP contribution in [0.3, 0.4) is 0 Å². The van der Waals surface area contributed by atoms with Gasteiger partial charge in [-0.2, -0.15) is 0 Å². The van der Waals surface area contributed by atoms with E-state index in [1.165, 1.54) is 64.2 Å². The molecule has 2 aliphatic carbocycles. The van der Waals surface area contributed by atoms with Crippen molar-refractivity contribution in [3.05, 3.63) is 0 Å². The first-order valence-corrected chi connectivity index (χ1v) is 9.04. The molecule has 2 saturated carbocycles. The first-order chi connectivity index (χ1) is 9.75. The summed E-state index contributed by atoms with van der Waals surface area (Å²) in [6.45, 7) is 5.67. The average molecular weight is 281 g/mol. The third kappa shape index (κ3) is 3.57. The minimum absolute atomic E-state index is 0.123. The highest BCUT2D eigenvalue weighted by Gasteiger charge is 2.44. The molecule has 2 nitrogen and oxygen atoms in total. The fourth-order valence-corrected chi connectivity index (χ4v) is 4.72. The second-order valence-corrected chi connectivity index (χ2v) is 7.05. The molecule has 0 spiro atoms. The summed E-state index contributed by atoms with van der Waals surface area (Å²) < 4.78 is 6.14. The van der Waals surface area contributed by atoms with Crippen LogP contribution >= 0.6 is 0 Å². The van der Waals surface area contributed by atoms with E-state index in [9.17, 15) is 0 Å². The summed E-state index contributed by atoms with van der Waals surface area (Å²) in [5, 5.41) is 3.82. The zero-order valence-corrected chi connectivity index (χ0v) is 13.9. The van der Waals surface area contributed by atoms with Gasteiger partial charge in [0.1, 0.15) is 0 Å². The zero-order chi connectivity index (χ0) is 14.4. The Balaban J connectivity index is 2.05. The molecular weight excluding hydrogens is 246 g/mol. The molecule has 1 N–H and O–H groups in total. The molecule has 0 aromatic heterocycles. The maximum Gasteiger partial charge on any atom is 0.0833 e. The fraction of sp³-hybridized carbons (Fsp3) is 1.00. The van der Waals surface area contributed by atoms with Crippen molar-refractivity contribution in [2.75, 3.05) is 13.7 Å². The molecule has 118 valence electrons. The molecule has 0 radical (unpaired) electrons. The molecule has 0 aromatic carbocycles. The number of rotatable bonds is 6. The lowest BCUT2D eigenvalue weighted by Gasteiger charge is -2.47. The zero-order valence-electron chi connectivity index (χ0n) is 13.9. The first-order valence-electron chi connectivity index (χ1n) is 9.04. The third-order valence-electron chi connectivity index (χ3n) is 6.04. The lowest BCUT2D eigenvalue weighted by atomic mass is 9.69. The van der Waals surface area contributed by atoms with Crippen molar-refractivity contribution < 1.29 is 4.74 Å². The fourth-order valence-electron chi connectivity index (χ4n) is 4.72. The van der Waals surface area contributed by atoms with E-state index < -0.39 is 0 Å². The topological polar surface area (TPSA) is 21.3 Å². The second kappa shape index (κ2) is 7.79. The summed E-state index contributed by atoms with van der Waals surface area (Å²) in [7, 11) is 1.95. The Bertz CT molecular complexity index is 265. The Labute approximate surface area is 126 Å². The molecule has 20 heavy (non-hydrogen) atoms. The van der Waals surface area contributed by atoms with Crippen LogP contribution in [0.4, 0.5) is 0 Å².